The Morgan fingerprint density at radius 2 is 1.04 bits per heavy atom. The van der Waals surface area contributed by atoms with Crippen molar-refractivity contribution in [1.29, 1.82) is 0 Å². The Hall–Kier alpha value is -2.40. The largest absolute Gasteiger partial charge is 0.462 e. The molecule has 0 amide bonds. The van der Waals surface area contributed by atoms with Gasteiger partial charge in [0.2, 0.25) is 0 Å². The fraction of sp³-hybridized carbons (Fsp3) is 0.707. The summed E-state index contributed by atoms with van der Waals surface area (Å²) in [4.78, 5) is 24.9. The number of unbranched alkanes of at least 4 members (excludes halogenated alkanes) is 12. The lowest BCUT2D eigenvalue weighted by Crippen LogP contribution is -2.30. The zero-order valence-corrected chi connectivity index (χ0v) is 30.1. The van der Waals surface area contributed by atoms with Crippen LogP contribution in [0.15, 0.2) is 60.8 Å². The normalized spacial score (nSPS) is 12.8. The minimum absolute atomic E-state index is 0.0427. The van der Waals surface area contributed by atoms with Gasteiger partial charge in [-0.2, -0.15) is 0 Å². The van der Waals surface area contributed by atoms with Gasteiger partial charge < -0.3 is 14.2 Å². The molecule has 0 radical (unpaired) electrons. The number of esters is 2. The Bertz CT molecular complexity index is 823. The third-order valence-electron chi connectivity index (χ3n) is 7.55. The highest BCUT2D eigenvalue weighted by Crippen LogP contribution is 2.11. The summed E-state index contributed by atoms with van der Waals surface area (Å²) in [5, 5.41) is 0. The quantitative estimate of drug-likeness (QED) is 0.0405. The molecule has 0 N–H and O–H groups in total. The van der Waals surface area contributed by atoms with Gasteiger partial charge in [0, 0.05) is 19.4 Å². The van der Waals surface area contributed by atoms with Crippen LogP contribution >= 0.6 is 0 Å². The summed E-state index contributed by atoms with van der Waals surface area (Å²) in [6, 6.07) is 0. The molecular formula is C41H70O5. The van der Waals surface area contributed by atoms with Crippen molar-refractivity contribution in [2.24, 2.45) is 0 Å². The molecule has 1 atom stereocenters. The Labute approximate surface area is 284 Å². The summed E-state index contributed by atoms with van der Waals surface area (Å²) >= 11 is 0. The molecule has 0 saturated heterocycles. The third-order valence-corrected chi connectivity index (χ3v) is 7.55. The topological polar surface area (TPSA) is 61.8 Å². The second-order valence-electron chi connectivity index (χ2n) is 12.1. The Kier molecular flexibility index (Phi) is 35.1. The second-order valence-corrected chi connectivity index (χ2v) is 12.1. The summed E-state index contributed by atoms with van der Waals surface area (Å²) in [5.74, 6) is -0.512. The molecule has 46 heavy (non-hydrogen) atoms. The maximum absolute atomic E-state index is 12.6. The zero-order chi connectivity index (χ0) is 33.6. The van der Waals surface area contributed by atoms with E-state index in [0.717, 1.165) is 64.2 Å². The van der Waals surface area contributed by atoms with Crippen LogP contribution in [0.5, 0.6) is 0 Å². The maximum atomic E-state index is 12.6. The fourth-order valence-electron chi connectivity index (χ4n) is 4.74. The summed E-state index contributed by atoms with van der Waals surface area (Å²) in [5.41, 5.74) is 0. The minimum atomic E-state index is -0.562. The smallest absolute Gasteiger partial charge is 0.306 e. The number of hydrogen-bond donors (Lipinski definition) is 0. The van der Waals surface area contributed by atoms with Crippen LogP contribution in [0.4, 0.5) is 0 Å². The van der Waals surface area contributed by atoms with E-state index in [2.05, 4.69) is 75.5 Å². The molecule has 0 aliphatic carbocycles. The number of hydrogen-bond acceptors (Lipinski definition) is 5. The molecule has 0 aromatic carbocycles. The minimum Gasteiger partial charge on any atom is -0.462 e. The van der Waals surface area contributed by atoms with E-state index in [-0.39, 0.29) is 25.2 Å². The molecule has 5 heteroatoms. The number of rotatable bonds is 33. The van der Waals surface area contributed by atoms with E-state index in [9.17, 15) is 9.59 Å². The molecule has 0 fully saturated rings. The number of allylic oxidation sites excluding steroid dienone is 10. The van der Waals surface area contributed by atoms with E-state index in [4.69, 9.17) is 14.2 Å². The number of carbonyl (C=O) groups excluding carboxylic acids is 2. The van der Waals surface area contributed by atoms with E-state index in [1.165, 1.54) is 57.8 Å². The standard InChI is InChI=1S/C41H70O5/c1-4-7-10-13-16-18-20-21-23-24-26-28-31-34-40(42)45-38-39(37-44-36-33-30-15-12-9-6-3)46-41(43)35-32-29-27-25-22-19-17-14-11-8-5-2/h7,10,14,16-18,21,23,26,28,39H,4-6,8-9,11-13,15,19-20,22,24-25,27,29-38H2,1-3H3/b10-7-,17-14-,18-16-,23-21-,28-26-. The van der Waals surface area contributed by atoms with Crippen molar-refractivity contribution in [3.05, 3.63) is 60.8 Å². The lowest BCUT2D eigenvalue weighted by Gasteiger charge is -2.18. The van der Waals surface area contributed by atoms with E-state index < -0.39 is 6.10 Å². The molecule has 0 aliphatic heterocycles. The summed E-state index contributed by atoms with van der Waals surface area (Å²) in [6.45, 7) is 7.52. The number of carbonyl (C=O) groups is 2. The van der Waals surface area contributed by atoms with E-state index in [0.29, 0.717) is 25.9 Å². The molecular weight excluding hydrogens is 572 g/mol. The van der Waals surface area contributed by atoms with Crippen molar-refractivity contribution in [2.45, 2.75) is 168 Å². The molecule has 264 valence electrons. The van der Waals surface area contributed by atoms with Gasteiger partial charge >= 0.3 is 11.9 Å². The van der Waals surface area contributed by atoms with Gasteiger partial charge in [-0.1, -0.05) is 146 Å². The first-order valence-electron chi connectivity index (χ1n) is 18.8. The highest BCUT2D eigenvalue weighted by atomic mass is 16.6. The molecule has 0 aromatic rings. The highest BCUT2D eigenvalue weighted by molar-refractivity contribution is 5.70. The van der Waals surface area contributed by atoms with Crippen molar-refractivity contribution in [3.63, 3.8) is 0 Å². The molecule has 1 unspecified atom stereocenters. The third kappa shape index (κ3) is 34.5. The summed E-state index contributed by atoms with van der Waals surface area (Å²) in [7, 11) is 0. The highest BCUT2D eigenvalue weighted by Gasteiger charge is 2.17. The van der Waals surface area contributed by atoms with Gasteiger partial charge in [0.15, 0.2) is 6.10 Å². The van der Waals surface area contributed by atoms with E-state index in [1.54, 1.807) is 0 Å². The van der Waals surface area contributed by atoms with E-state index in [1.807, 2.05) is 6.08 Å². The van der Waals surface area contributed by atoms with Gasteiger partial charge in [-0.15, -0.1) is 0 Å². The van der Waals surface area contributed by atoms with Crippen LogP contribution in [0.2, 0.25) is 0 Å². The molecule has 0 aliphatic rings. The predicted octanol–water partition coefficient (Wildman–Crippen LogP) is 11.9. The lowest BCUT2D eigenvalue weighted by atomic mass is 10.1. The van der Waals surface area contributed by atoms with Crippen LogP contribution in [0.1, 0.15) is 162 Å². The van der Waals surface area contributed by atoms with Crippen LogP contribution in [0.25, 0.3) is 0 Å². The van der Waals surface area contributed by atoms with Crippen LogP contribution in [-0.2, 0) is 23.8 Å². The Morgan fingerprint density at radius 3 is 1.72 bits per heavy atom. The number of ether oxygens (including phenoxy) is 3. The summed E-state index contributed by atoms with van der Waals surface area (Å²) in [6.07, 6.45) is 43.7. The van der Waals surface area contributed by atoms with Crippen LogP contribution in [-0.4, -0.2) is 37.9 Å². The fourth-order valence-corrected chi connectivity index (χ4v) is 4.74. The second kappa shape index (κ2) is 37.1. The van der Waals surface area contributed by atoms with Crippen molar-refractivity contribution in [3.8, 4) is 0 Å². The summed E-state index contributed by atoms with van der Waals surface area (Å²) < 4.78 is 17.0. The first-order valence-corrected chi connectivity index (χ1v) is 18.8. The van der Waals surface area contributed by atoms with Crippen LogP contribution in [0, 0.1) is 0 Å². The monoisotopic (exact) mass is 643 g/mol. The van der Waals surface area contributed by atoms with Crippen molar-refractivity contribution >= 4 is 11.9 Å². The van der Waals surface area contributed by atoms with Crippen molar-refractivity contribution in [2.75, 3.05) is 19.8 Å². The van der Waals surface area contributed by atoms with E-state index >= 15 is 0 Å². The molecule has 5 nitrogen and oxygen atoms in total. The predicted molar refractivity (Wildman–Crippen MR) is 196 cm³/mol. The van der Waals surface area contributed by atoms with Crippen molar-refractivity contribution < 1.29 is 23.8 Å². The van der Waals surface area contributed by atoms with Gasteiger partial charge in [0.05, 0.1) is 6.61 Å². The van der Waals surface area contributed by atoms with Gasteiger partial charge in [-0.05, 0) is 64.2 Å². The van der Waals surface area contributed by atoms with Gasteiger partial charge in [-0.3, -0.25) is 9.59 Å². The maximum Gasteiger partial charge on any atom is 0.306 e. The molecule has 0 aromatic heterocycles. The van der Waals surface area contributed by atoms with Gasteiger partial charge in [-0.25, -0.2) is 0 Å². The molecule has 0 spiro atoms. The zero-order valence-electron chi connectivity index (χ0n) is 30.1. The Balaban J connectivity index is 4.31. The van der Waals surface area contributed by atoms with Gasteiger partial charge in [0.1, 0.15) is 6.61 Å². The molecule has 0 saturated carbocycles. The lowest BCUT2D eigenvalue weighted by molar-refractivity contribution is -0.162. The van der Waals surface area contributed by atoms with Crippen LogP contribution in [0.3, 0.4) is 0 Å². The van der Waals surface area contributed by atoms with Crippen LogP contribution < -0.4 is 0 Å². The average molecular weight is 643 g/mol. The Morgan fingerprint density at radius 1 is 0.500 bits per heavy atom. The van der Waals surface area contributed by atoms with Crippen molar-refractivity contribution in [1.82, 2.24) is 0 Å². The molecule has 0 rings (SSSR count). The van der Waals surface area contributed by atoms with Gasteiger partial charge in [0.25, 0.3) is 0 Å². The molecule has 0 bridgehead atoms. The first-order chi connectivity index (χ1) is 22.6. The average Bonchev–Trinajstić information content (AvgIpc) is 3.05. The first kappa shape index (κ1) is 43.6. The molecule has 0 heterocycles. The SMILES string of the molecule is CC/C=C\C/C=C\C/C=C\C/C=C\CCC(=O)OCC(COCCCCCCCC)OC(=O)CCCCCCC/C=C\CCCC.